The van der Waals surface area contributed by atoms with E-state index in [0.717, 1.165) is 12.1 Å². The number of hydrogen-bond acceptors (Lipinski definition) is 3. The lowest BCUT2D eigenvalue weighted by Gasteiger charge is -2.09. The maximum Gasteiger partial charge on any atom is 0.234 e. The van der Waals surface area contributed by atoms with Gasteiger partial charge in [0.05, 0.1) is 12.9 Å². The number of nitrogens with one attached hydrogen (secondary N) is 1. The Kier molecular flexibility index (Phi) is 5.92. The zero-order chi connectivity index (χ0) is 16.8. The number of ether oxygens (including phenoxy) is 1. The molecule has 0 heterocycles. The molecule has 0 saturated carbocycles. The summed E-state index contributed by atoms with van der Waals surface area (Å²) in [7, 11) is 1.48. The molecule has 0 spiro atoms. The zero-order valence-corrected chi connectivity index (χ0v) is 13.1. The number of methoxy groups -OCH3 is 1. The van der Waals surface area contributed by atoms with E-state index in [1.54, 1.807) is 0 Å². The summed E-state index contributed by atoms with van der Waals surface area (Å²) in [5.41, 5.74) is 0.816. The fraction of sp³-hybridized carbons (Fsp3) is 0.188. The molecule has 0 fully saturated rings. The maximum absolute atomic E-state index is 13.2. The monoisotopic (exact) mass is 341 g/mol. The highest BCUT2D eigenvalue weighted by atomic mass is 32.2. The lowest BCUT2D eigenvalue weighted by Crippen LogP contribution is -2.14. The predicted molar refractivity (Wildman–Crippen MR) is 84.1 cm³/mol. The van der Waals surface area contributed by atoms with Gasteiger partial charge in [0.1, 0.15) is 11.6 Å². The fourth-order valence-corrected chi connectivity index (χ4v) is 2.69. The van der Waals surface area contributed by atoms with Crippen molar-refractivity contribution in [2.75, 3.05) is 18.2 Å². The van der Waals surface area contributed by atoms with Crippen molar-refractivity contribution < 1.29 is 22.7 Å². The second-order valence-electron chi connectivity index (χ2n) is 4.63. The van der Waals surface area contributed by atoms with Gasteiger partial charge in [0, 0.05) is 23.1 Å². The van der Waals surface area contributed by atoms with Gasteiger partial charge in [-0.2, -0.15) is 0 Å². The first-order valence-corrected chi connectivity index (χ1v) is 7.80. The number of carbonyl (C=O) groups excluding carboxylic acids is 1. The highest BCUT2D eigenvalue weighted by Gasteiger charge is 2.09. The van der Waals surface area contributed by atoms with Gasteiger partial charge in [-0.3, -0.25) is 4.79 Å². The molecule has 122 valence electrons. The standard InChI is InChI=1S/C16H14F3NO2S/c1-22-15-5-2-11(17)6-10(15)8-23-9-16(21)20-12-3-4-13(18)14(19)7-12/h2-7H,8-9H2,1H3,(H,20,21). The van der Waals surface area contributed by atoms with Crippen molar-refractivity contribution in [2.45, 2.75) is 5.75 Å². The number of anilines is 1. The van der Waals surface area contributed by atoms with Crippen molar-refractivity contribution in [1.82, 2.24) is 0 Å². The number of thioether (sulfide) groups is 1. The van der Waals surface area contributed by atoms with Gasteiger partial charge in [0.15, 0.2) is 11.6 Å². The number of benzene rings is 2. The highest BCUT2D eigenvalue weighted by molar-refractivity contribution is 7.99. The molecule has 1 N–H and O–H groups in total. The average Bonchev–Trinajstić information content (AvgIpc) is 2.51. The lowest BCUT2D eigenvalue weighted by atomic mass is 10.2. The van der Waals surface area contributed by atoms with E-state index in [4.69, 9.17) is 4.74 Å². The molecule has 0 saturated heterocycles. The van der Waals surface area contributed by atoms with Gasteiger partial charge in [-0.15, -0.1) is 11.8 Å². The summed E-state index contributed by atoms with van der Waals surface area (Å²) in [5, 5.41) is 2.46. The minimum Gasteiger partial charge on any atom is -0.496 e. The fourth-order valence-electron chi connectivity index (χ4n) is 1.88. The molecule has 0 atom stereocenters. The van der Waals surface area contributed by atoms with E-state index in [-0.39, 0.29) is 23.2 Å². The van der Waals surface area contributed by atoms with Crippen LogP contribution in [0.5, 0.6) is 5.75 Å². The third-order valence-corrected chi connectivity index (χ3v) is 3.92. The number of hydrogen-bond donors (Lipinski definition) is 1. The molecule has 0 aliphatic heterocycles. The Morgan fingerprint density at radius 3 is 2.61 bits per heavy atom. The Balaban J connectivity index is 1.87. The minimum atomic E-state index is -1.03. The molecule has 7 heteroatoms. The summed E-state index contributed by atoms with van der Waals surface area (Å²) in [6.07, 6.45) is 0. The Bertz CT molecular complexity index is 710. The molecule has 2 rings (SSSR count). The van der Waals surface area contributed by atoms with Crippen LogP contribution in [0, 0.1) is 17.5 Å². The topological polar surface area (TPSA) is 38.3 Å². The SMILES string of the molecule is COc1ccc(F)cc1CSCC(=O)Nc1ccc(F)c(F)c1. The summed E-state index contributed by atoms with van der Waals surface area (Å²) in [5.74, 6) is -1.75. The van der Waals surface area contributed by atoms with Crippen LogP contribution in [-0.2, 0) is 10.5 Å². The second kappa shape index (κ2) is 7.92. The summed E-state index contributed by atoms with van der Waals surface area (Å²) < 4.78 is 44.2. The number of rotatable bonds is 6. The van der Waals surface area contributed by atoms with Crippen LogP contribution in [0.1, 0.15) is 5.56 Å². The Morgan fingerprint density at radius 1 is 1.13 bits per heavy atom. The molecule has 2 aromatic carbocycles. The third-order valence-electron chi connectivity index (χ3n) is 2.94. The summed E-state index contributed by atoms with van der Waals surface area (Å²) in [6, 6.07) is 7.29. The van der Waals surface area contributed by atoms with Crippen LogP contribution in [0.2, 0.25) is 0 Å². The minimum absolute atomic E-state index is 0.0820. The van der Waals surface area contributed by atoms with Crippen molar-refractivity contribution >= 4 is 23.4 Å². The number of carbonyl (C=O) groups is 1. The smallest absolute Gasteiger partial charge is 0.234 e. The van der Waals surface area contributed by atoms with Gasteiger partial charge in [-0.05, 0) is 30.3 Å². The van der Waals surface area contributed by atoms with E-state index in [2.05, 4.69) is 5.32 Å². The Morgan fingerprint density at radius 2 is 1.91 bits per heavy atom. The predicted octanol–water partition coefficient (Wildman–Crippen LogP) is 3.98. The van der Waals surface area contributed by atoms with Crippen LogP contribution < -0.4 is 10.1 Å². The third kappa shape index (κ3) is 4.92. The first-order valence-electron chi connectivity index (χ1n) is 6.64. The van der Waals surface area contributed by atoms with Gasteiger partial charge in [-0.1, -0.05) is 0 Å². The molecule has 0 aliphatic carbocycles. The van der Waals surface area contributed by atoms with Crippen molar-refractivity contribution in [2.24, 2.45) is 0 Å². The van der Waals surface area contributed by atoms with E-state index in [1.165, 1.54) is 43.1 Å². The largest absolute Gasteiger partial charge is 0.496 e. The molecule has 0 aliphatic rings. The van der Waals surface area contributed by atoms with Gasteiger partial charge in [-0.25, -0.2) is 13.2 Å². The summed E-state index contributed by atoms with van der Waals surface area (Å²) in [4.78, 5) is 11.8. The second-order valence-corrected chi connectivity index (χ2v) is 5.61. The van der Waals surface area contributed by atoms with Crippen LogP contribution >= 0.6 is 11.8 Å². The van der Waals surface area contributed by atoms with Crippen molar-refractivity contribution in [3.05, 3.63) is 59.4 Å². The van der Waals surface area contributed by atoms with Crippen molar-refractivity contribution in [3.63, 3.8) is 0 Å². The zero-order valence-electron chi connectivity index (χ0n) is 12.2. The first-order chi connectivity index (χ1) is 11.0. The first kappa shape index (κ1) is 17.2. The van der Waals surface area contributed by atoms with E-state index in [1.807, 2.05) is 0 Å². The van der Waals surface area contributed by atoms with Crippen molar-refractivity contribution in [1.29, 1.82) is 0 Å². The van der Waals surface area contributed by atoms with Crippen LogP contribution in [0.4, 0.5) is 18.9 Å². The summed E-state index contributed by atoms with van der Waals surface area (Å²) in [6.45, 7) is 0. The molecular formula is C16H14F3NO2S. The molecular weight excluding hydrogens is 327 g/mol. The molecule has 0 unspecified atom stereocenters. The van der Waals surface area contributed by atoms with Crippen LogP contribution in [-0.4, -0.2) is 18.8 Å². The van der Waals surface area contributed by atoms with Crippen molar-refractivity contribution in [3.8, 4) is 5.75 Å². The van der Waals surface area contributed by atoms with Crippen LogP contribution in [0.15, 0.2) is 36.4 Å². The average molecular weight is 341 g/mol. The molecule has 3 nitrogen and oxygen atoms in total. The Labute approximate surface area is 135 Å². The molecule has 2 aromatic rings. The quantitative estimate of drug-likeness (QED) is 0.864. The van der Waals surface area contributed by atoms with Crippen LogP contribution in [0.3, 0.4) is 0 Å². The highest BCUT2D eigenvalue weighted by Crippen LogP contribution is 2.24. The van der Waals surface area contributed by atoms with E-state index in [9.17, 15) is 18.0 Å². The van der Waals surface area contributed by atoms with E-state index >= 15 is 0 Å². The van der Waals surface area contributed by atoms with E-state index < -0.39 is 11.6 Å². The van der Waals surface area contributed by atoms with Crippen LogP contribution in [0.25, 0.3) is 0 Å². The normalized spacial score (nSPS) is 10.4. The maximum atomic E-state index is 13.2. The molecule has 0 aromatic heterocycles. The number of halogens is 3. The molecule has 23 heavy (non-hydrogen) atoms. The molecule has 0 bridgehead atoms. The van der Waals surface area contributed by atoms with Gasteiger partial charge < -0.3 is 10.1 Å². The van der Waals surface area contributed by atoms with E-state index in [0.29, 0.717) is 17.1 Å². The van der Waals surface area contributed by atoms with Gasteiger partial charge in [0.2, 0.25) is 5.91 Å². The molecule has 1 amide bonds. The lowest BCUT2D eigenvalue weighted by molar-refractivity contribution is -0.113. The number of amides is 1. The van der Waals surface area contributed by atoms with Gasteiger partial charge >= 0.3 is 0 Å². The molecule has 0 radical (unpaired) electrons. The Hall–Kier alpha value is -2.15. The summed E-state index contributed by atoms with van der Waals surface area (Å²) >= 11 is 1.25. The van der Waals surface area contributed by atoms with Gasteiger partial charge in [0.25, 0.3) is 0 Å².